The van der Waals surface area contributed by atoms with Crippen molar-refractivity contribution in [3.05, 3.63) is 47.8 Å². The first kappa shape index (κ1) is 19.5. The summed E-state index contributed by atoms with van der Waals surface area (Å²) in [6, 6.07) is 4.78. The molecular formula is C19H23FN2O5. The average molecular weight is 378 g/mol. The molecular weight excluding hydrogens is 355 g/mol. The molecule has 2 N–H and O–H groups in total. The van der Waals surface area contributed by atoms with E-state index >= 15 is 0 Å². The number of morpholine rings is 1. The fourth-order valence-electron chi connectivity index (χ4n) is 3.11. The van der Waals surface area contributed by atoms with Gasteiger partial charge >= 0.3 is 0 Å². The Morgan fingerprint density at radius 1 is 1.26 bits per heavy atom. The molecule has 2 aliphatic rings. The van der Waals surface area contributed by atoms with E-state index in [1.54, 1.807) is 17.1 Å². The van der Waals surface area contributed by atoms with Crippen LogP contribution in [-0.4, -0.2) is 73.0 Å². The molecule has 3 rings (SSSR count). The van der Waals surface area contributed by atoms with E-state index in [1.165, 1.54) is 18.2 Å². The van der Waals surface area contributed by atoms with Crippen LogP contribution in [0.2, 0.25) is 0 Å². The van der Waals surface area contributed by atoms with Crippen LogP contribution < -0.4 is 5.32 Å². The molecule has 0 saturated carbocycles. The predicted molar refractivity (Wildman–Crippen MR) is 94.6 cm³/mol. The number of carbonyl (C=O) groups excluding carboxylic acids is 2. The van der Waals surface area contributed by atoms with Crippen molar-refractivity contribution >= 4 is 11.8 Å². The van der Waals surface area contributed by atoms with E-state index in [2.05, 4.69) is 5.32 Å². The third kappa shape index (κ3) is 5.12. The van der Waals surface area contributed by atoms with Crippen molar-refractivity contribution in [1.82, 2.24) is 10.2 Å². The zero-order valence-corrected chi connectivity index (χ0v) is 14.8. The Morgan fingerprint density at radius 2 is 2.04 bits per heavy atom. The van der Waals surface area contributed by atoms with E-state index < -0.39 is 30.0 Å². The first-order chi connectivity index (χ1) is 13.1. The highest BCUT2D eigenvalue weighted by Crippen LogP contribution is 2.17. The molecule has 1 aromatic carbocycles. The Kier molecular flexibility index (Phi) is 6.54. The number of aliphatic hydroxyl groups is 1. The molecule has 8 heteroatoms. The minimum Gasteiger partial charge on any atom is -0.394 e. The number of rotatable bonds is 5. The third-order valence-electron chi connectivity index (χ3n) is 4.59. The summed E-state index contributed by atoms with van der Waals surface area (Å²) in [5.74, 6) is -1.00. The highest BCUT2D eigenvalue weighted by Gasteiger charge is 2.30. The molecule has 1 fully saturated rings. The number of amides is 2. The van der Waals surface area contributed by atoms with Gasteiger partial charge in [0.25, 0.3) is 5.91 Å². The number of halogens is 1. The van der Waals surface area contributed by atoms with Crippen LogP contribution in [-0.2, 0) is 14.3 Å². The monoisotopic (exact) mass is 378 g/mol. The minimum absolute atomic E-state index is 0.0353. The molecule has 2 amide bonds. The zero-order valence-electron chi connectivity index (χ0n) is 14.8. The molecule has 1 saturated heterocycles. The lowest BCUT2D eigenvalue weighted by Gasteiger charge is -2.33. The summed E-state index contributed by atoms with van der Waals surface area (Å²) < 4.78 is 24.3. The fourth-order valence-corrected chi connectivity index (χ4v) is 3.11. The molecule has 0 unspecified atom stereocenters. The van der Waals surface area contributed by atoms with Gasteiger partial charge in [-0.25, -0.2) is 4.39 Å². The summed E-state index contributed by atoms with van der Waals surface area (Å²) in [6.07, 6.45) is 2.42. The summed E-state index contributed by atoms with van der Waals surface area (Å²) in [5, 5.41) is 12.3. The maximum atomic E-state index is 13.3. The Hall–Kier alpha value is -2.29. The number of carbonyl (C=O) groups is 2. The van der Waals surface area contributed by atoms with Gasteiger partial charge in [0, 0.05) is 18.7 Å². The van der Waals surface area contributed by atoms with E-state index in [-0.39, 0.29) is 24.5 Å². The summed E-state index contributed by atoms with van der Waals surface area (Å²) >= 11 is 0. The number of ether oxygens (including phenoxy) is 2. The number of nitrogens with one attached hydrogen (secondary N) is 1. The first-order valence-corrected chi connectivity index (χ1v) is 8.93. The molecule has 146 valence electrons. The SMILES string of the molecule is O=C(N[C@H]1C=C[C@@H](CC(=O)N2CCOCC2)O[C@H]1CO)c1cccc(F)c1. The topological polar surface area (TPSA) is 88.1 Å². The van der Waals surface area contributed by atoms with Gasteiger partial charge in [0.15, 0.2) is 0 Å². The standard InChI is InChI=1S/C19H23FN2O5/c20-14-3-1-2-13(10-14)19(25)21-16-5-4-15(27-17(16)12-23)11-18(24)22-6-8-26-9-7-22/h1-5,10,15-17,23H,6-9,11-12H2,(H,21,25)/t15-,16-,17-/m0/s1. The molecule has 0 aromatic heterocycles. The van der Waals surface area contributed by atoms with Crippen molar-refractivity contribution in [2.45, 2.75) is 24.7 Å². The molecule has 0 bridgehead atoms. The van der Waals surface area contributed by atoms with Crippen LogP contribution in [0.25, 0.3) is 0 Å². The Labute approximate surface area is 156 Å². The van der Waals surface area contributed by atoms with E-state index in [9.17, 15) is 19.1 Å². The van der Waals surface area contributed by atoms with Crippen molar-refractivity contribution in [2.75, 3.05) is 32.9 Å². The van der Waals surface area contributed by atoms with Gasteiger partial charge in [-0.05, 0) is 18.2 Å². The Balaban J connectivity index is 1.59. The second-order valence-electron chi connectivity index (χ2n) is 6.49. The fraction of sp³-hybridized carbons (Fsp3) is 0.474. The summed E-state index contributed by atoms with van der Waals surface area (Å²) in [5.41, 5.74) is 0.185. The van der Waals surface area contributed by atoms with Crippen LogP contribution >= 0.6 is 0 Å². The van der Waals surface area contributed by atoms with Crippen molar-refractivity contribution in [3.63, 3.8) is 0 Å². The van der Waals surface area contributed by atoms with Crippen molar-refractivity contribution < 1.29 is 28.6 Å². The lowest BCUT2D eigenvalue weighted by molar-refractivity contribution is -0.139. The van der Waals surface area contributed by atoms with Crippen molar-refractivity contribution in [1.29, 1.82) is 0 Å². The Bertz CT molecular complexity index is 705. The van der Waals surface area contributed by atoms with E-state index in [4.69, 9.17) is 9.47 Å². The van der Waals surface area contributed by atoms with Gasteiger partial charge < -0.3 is 24.8 Å². The van der Waals surface area contributed by atoms with Crippen LogP contribution in [0.15, 0.2) is 36.4 Å². The van der Waals surface area contributed by atoms with E-state index in [0.29, 0.717) is 26.3 Å². The number of hydrogen-bond acceptors (Lipinski definition) is 5. The molecule has 0 radical (unpaired) electrons. The van der Waals surface area contributed by atoms with Gasteiger partial charge in [0.1, 0.15) is 11.9 Å². The van der Waals surface area contributed by atoms with Crippen LogP contribution in [0.5, 0.6) is 0 Å². The minimum atomic E-state index is -0.685. The second-order valence-corrected chi connectivity index (χ2v) is 6.49. The van der Waals surface area contributed by atoms with Gasteiger partial charge in [-0.3, -0.25) is 9.59 Å². The van der Waals surface area contributed by atoms with Gasteiger partial charge in [-0.15, -0.1) is 0 Å². The van der Waals surface area contributed by atoms with Crippen LogP contribution in [0.1, 0.15) is 16.8 Å². The molecule has 1 aromatic rings. The number of nitrogens with zero attached hydrogens (tertiary/aromatic N) is 1. The van der Waals surface area contributed by atoms with Gasteiger partial charge in [-0.1, -0.05) is 18.2 Å². The average Bonchev–Trinajstić information content (AvgIpc) is 2.69. The summed E-state index contributed by atoms with van der Waals surface area (Å²) in [4.78, 5) is 26.3. The van der Waals surface area contributed by atoms with Gasteiger partial charge in [-0.2, -0.15) is 0 Å². The zero-order chi connectivity index (χ0) is 19.2. The molecule has 0 spiro atoms. The normalized spacial score (nSPS) is 25.3. The molecule has 3 atom stereocenters. The maximum absolute atomic E-state index is 13.3. The van der Waals surface area contributed by atoms with Gasteiger partial charge in [0.2, 0.25) is 5.91 Å². The molecule has 27 heavy (non-hydrogen) atoms. The number of aliphatic hydroxyl groups excluding tert-OH is 1. The van der Waals surface area contributed by atoms with E-state index in [0.717, 1.165) is 6.07 Å². The smallest absolute Gasteiger partial charge is 0.251 e. The third-order valence-corrected chi connectivity index (χ3v) is 4.59. The molecule has 2 heterocycles. The largest absolute Gasteiger partial charge is 0.394 e. The van der Waals surface area contributed by atoms with Crippen molar-refractivity contribution in [2.24, 2.45) is 0 Å². The lowest BCUT2D eigenvalue weighted by Crippen LogP contribution is -2.49. The molecule has 2 aliphatic heterocycles. The predicted octanol–water partition coefficient (Wildman–Crippen LogP) is 0.489. The molecule has 0 aliphatic carbocycles. The maximum Gasteiger partial charge on any atom is 0.251 e. The molecule has 7 nitrogen and oxygen atoms in total. The quantitative estimate of drug-likeness (QED) is 0.728. The van der Waals surface area contributed by atoms with Crippen molar-refractivity contribution in [3.8, 4) is 0 Å². The number of benzene rings is 1. The van der Waals surface area contributed by atoms with Crippen LogP contribution in [0.4, 0.5) is 4.39 Å². The van der Waals surface area contributed by atoms with Crippen LogP contribution in [0, 0.1) is 5.82 Å². The van der Waals surface area contributed by atoms with E-state index in [1.807, 2.05) is 0 Å². The van der Waals surface area contributed by atoms with Gasteiger partial charge in [0.05, 0.1) is 38.4 Å². The summed E-state index contributed by atoms with van der Waals surface area (Å²) in [7, 11) is 0. The lowest BCUT2D eigenvalue weighted by atomic mass is 10.0. The highest BCUT2D eigenvalue weighted by atomic mass is 19.1. The second kappa shape index (κ2) is 9.07. The summed E-state index contributed by atoms with van der Waals surface area (Å²) in [6.45, 7) is 1.86. The highest BCUT2D eigenvalue weighted by molar-refractivity contribution is 5.94. The Morgan fingerprint density at radius 3 is 2.74 bits per heavy atom. The first-order valence-electron chi connectivity index (χ1n) is 8.93. The van der Waals surface area contributed by atoms with Crippen LogP contribution in [0.3, 0.4) is 0 Å². The number of hydrogen-bond donors (Lipinski definition) is 2.